The van der Waals surface area contributed by atoms with E-state index in [0.717, 1.165) is 12.1 Å². The molecule has 0 aliphatic carbocycles. The van der Waals surface area contributed by atoms with Gasteiger partial charge in [-0.05, 0) is 6.07 Å². The van der Waals surface area contributed by atoms with Crippen molar-refractivity contribution in [3.05, 3.63) is 27.9 Å². The number of carboxylic acid groups (broad SMARTS) is 1. The molecule has 1 aromatic heterocycles. The SMILES string of the molecule is NC(=O)CNc1nc(C(=O)O)ccc1[N+](=O)[O-]. The zero-order valence-corrected chi connectivity index (χ0v) is 8.41. The van der Waals surface area contributed by atoms with Crippen molar-refractivity contribution in [2.24, 2.45) is 5.73 Å². The van der Waals surface area contributed by atoms with Crippen LogP contribution in [-0.2, 0) is 4.79 Å². The van der Waals surface area contributed by atoms with Crippen molar-refractivity contribution in [3.63, 3.8) is 0 Å². The van der Waals surface area contributed by atoms with Crippen LogP contribution in [0.15, 0.2) is 12.1 Å². The quantitative estimate of drug-likeness (QED) is 0.467. The maximum atomic E-state index is 10.6. The summed E-state index contributed by atoms with van der Waals surface area (Å²) >= 11 is 0. The normalized spacial score (nSPS) is 9.65. The van der Waals surface area contributed by atoms with Crippen LogP contribution < -0.4 is 11.1 Å². The maximum absolute atomic E-state index is 10.6. The second-order valence-electron chi connectivity index (χ2n) is 2.95. The highest BCUT2D eigenvalue weighted by Crippen LogP contribution is 2.21. The molecule has 1 aromatic rings. The molecule has 0 saturated heterocycles. The number of hydrogen-bond donors (Lipinski definition) is 3. The molecule has 17 heavy (non-hydrogen) atoms. The van der Waals surface area contributed by atoms with E-state index >= 15 is 0 Å². The van der Waals surface area contributed by atoms with Crippen LogP contribution in [0.1, 0.15) is 10.5 Å². The van der Waals surface area contributed by atoms with Gasteiger partial charge in [-0.2, -0.15) is 0 Å². The van der Waals surface area contributed by atoms with E-state index in [1.165, 1.54) is 0 Å². The Morgan fingerprint density at radius 2 is 2.18 bits per heavy atom. The lowest BCUT2D eigenvalue weighted by Gasteiger charge is -2.04. The average Bonchev–Trinajstić information content (AvgIpc) is 2.25. The molecular formula is C8H8N4O5. The number of carbonyl (C=O) groups excluding carboxylic acids is 1. The Morgan fingerprint density at radius 3 is 2.65 bits per heavy atom. The van der Waals surface area contributed by atoms with E-state index < -0.39 is 22.5 Å². The van der Waals surface area contributed by atoms with E-state index in [1.54, 1.807) is 0 Å². The molecule has 4 N–H and O–H groups in total. The molecule has 1 heterocycles. The molecule has 1 amide bonds. The van der Waals surface area contributed by atoms with Gasteiger partial charge in [-0.1, -0.05) is 0 Å². The number of nitrogens with zero attached hydrogens (tertiary/aromatic N) is 2. The zero-order chi connectivity index (χ0) is 13.0. The number of hydrogen-bond acceptors (Lipinski definition) is 6. The highest BCUT2D eigenvalue weighted by atomic mass is 16.6. The van der Waals surface area contributed by atoms with Crippen LogP contribution >= 0.6 is 0 Å². The molecule has 0 atom stereocenters. The third-order valence-corrected chi connectivity index (χ3v) is 1.72. The Kier molecular flexibility index (Phi) is 3.55. The molecule has 0 saturated carbocycles. The van der Waals surface area contributed by atoms with Gasteiger partial charge < -0.3 is 16.2 Å². The first-order chi connectivity index (χ1) is 7.91. The number of carboxylic acids is 1. The van der Waals surface area contributed by atoms with E-state index in [2.05, 4.69) is 10.3 Å². The summed E-state index contributed by atoms with van der Waals surface area (Å²) in [7, 11) is 0. The van der Waals surface area contributed by atoms with Crippen LogP contribution in [0, 0.1) is 10.1 Å². The lowest BCUT2D eigenvalue weighted by Crippen LogP contribution is -2.23. The minimum absolute atomic E-state index is 0.311. The summed E-state index contributed by atoms with van der Waals surface area (Å²) in [5.41, 5.74) is 4.04. The fourth-order valence-corrected chi connectivity index (χ4v) is 1.02. The highest BCUT2D eigenvalue weighted by Gasteiger charge is 2.18. The monoisotopic (exact) mass is 240 g/mol. The van der Waals surface area contributed by atoms with Crippen molar-refractivity contribution >= 4 is 23.4 Å². The Bertz CT molecular complexity index is 487. The highest BCUT2D eigenvalue weighted by molar-refractivity contribution is 5.87. The number of pyridine rings is 1. The lowest BCUT2D eigenvalue weighted by atomic mass is 10.3. The van der Waals surface area contributed by atoms with Crippen molar-refractivity contribution in [1.29, 1.82) is 0 Å². The van der Waals surface area contributed by atoms with E-state index in [1.807, 2.05) is 0 Å². The molecule has 90 valence electrons. The van der Waals surface area contributed by atoms with Crippen LogP contribution in [0.2, 0.25) is 0 Å². The van der Waals surface area contributed by atoms with Gasteiger partial charge in [0.2, 0.25) is 11.7 Å². The molecule has 0 aliphatic rings. The topological polar surface area (TPSA) is 148 Å². The number of rotatable bonds is 5. The second kappa shape index (κ2) is 4.88. The minimum Gasteiger partial charge on any atom is -0.477 e. The van der Waals surface area contributed by atoms with Gasteiger partial charge in [-0.25, -0.2) is 9.78 Å². The number of amides is 1. The van der Waals surface area contributed by atoms with Gasteiger partial charge in [0, 0.05) is 6.07 Å². The average molecular weight is 240 g/mol. The van der Waals surface area contributed by atoms with E-state index in [-0.39, 0.29) is 18.1 Å². The molecule has 0 fully saturated rings. The first kappa shape index (κ1) is 12.4. The van der Waals surface area contributed by atoms with Crippen LogP contribution in [0.4, 0.5) is 11.5 Å². The Hall–Kier alpha value is -2.71. The standard InChI is InChI=1S/C8H8N4O5/c9-6(13)3-10-7-5(12(16)17)2-1-4(11-7)8(14)15/h1-2H,3H2,(H2,9,13)(H,10,11)(H,14,15). The number of anilines is 1. The third kappa shape index (κ3) is 3.12. The van der Waals surface area contributed by atoms with Crippen molar-refractivity contribution in [1.82, 2.24) is 4.98 Å². The number of nitro groups is 1. The van der Waals surface area contributed by atoms with E-state index in [0.29, 0.717) is 0 Å². The van der Waals surface area contributed by atoms with Crippen LogP contribution in [0.25, 0.3) is 0 Å². The summed E-state index contributed by atoms with van der Waals surface area (Å²) in [5, 5.41) is 21.6. The smallest absolute Gasteiger partial charge is 0.354 e. The van der Waals surface area contributed by atoms with Gasteiger partial charge >= 0.3 is 11.7 Å². The number of carbonyl (C=O) groups is 2. The first-order valence-electron chi connectivity index (χ1n) is 4.32. The summed E-state index contributed by atoms with van der Waals surface area (Å²) in [4.78, 5) is 34.5. The van der Waals surface area contributed by atoms with Gasteiger partial charge in [0.15, 0.2) is 5.69 Å². The number of nitrogens with one attached hydrogen (secondary N) is 1. The zero-order valence-electron chi connectivity index (χ0n) is 8.41. The van der Waals surface area contributed by atoms with Gasteiger partial charge in [-0.15, -0.1) is 0 Å². The summed E-state index contributed by atoms with van der Waals surface area (Å²) in [6, 6.07) is 1.98. The second-order valence-corrected chi connectivity index (χ2v) is 2.95. The first-order valence-corrected chi connectivity index (χ1v) is 4.32. The fourth-order valence-electron chi connectivity index (χ4n) is 1.02. The molecule has 0 aliphatic heterocycles. The molecule has 0 spiro atoms. The Morgan fingerprint density at radius 1 is 1.53 bits per heavy atom. The van der Waals surface area contributed by atoms with Crippen LogP contribution in [-0.4, -0.2) is 33.4 Å². The molecule has 1 rings (SSSR count). The van der Waals surface area contributed by atoms with Gasteiger partial charge in [-0.3, -0.25) is 14.9 Å². The van der Waals surface area contributed by atoms with Gasteiger partial charge in [0.1, 0.15) is 0 Å². The molecular weight excluding hydrogens is 232 g/mol. The number of aromatic carboxylic acids is 1. The molecule has 9 heteroatoms. The summed E-state index contributed by atoms with van der Waals surface area (Å²) in [6.07, 6.45) is 0. The van der Waals surface area contributed by atoms with Crippen LogP contribution in [0.5, 0.6) is 0 Å². The number of primary amides is 1. The van der Waals surface area contributed by atoms with Crippen molar-refractivity contribution in [2.75, 3.05) is 11.9 Å². The maximum Gasteiger partial charge on any atom is 0.354 e. The fraction of sp³-hybridized carbons (Fsp3) is 0.125. The Labute approximate surface area is 94.4 Å². The predicted octanol–water partition coefficient (Wildman–Crippen LogP) is -0.415. The van der Waals surface area contributed by atoms with Crippen molar-refractivity contribution in [2.45, 2.75) is 0 Å². The molecule has 0 radical (unpaired) electrons. The molecule has 0 bridgehead atoms. The van der Waals surface area contributed by atoms with E-state index in [4.69, 9.17) is 10.8 Å². The Balaban J connectivity index is 3.11. The van der Waals surface area contributed by atoms with Gasteiger partial charge in [0.25, 0.3) is 0 Å². The molecule has 0 unspecified atom stereocenters. The summed E-state index contributed by atoms with van der Waals surface area (Å²) in [6.45, 7) is -0.378. The minimum atomic E-state index is -1.33. The summed E-state index contributed by atoms with van der Waals surface area (Å²) in [5.74, 6) is -2.39. The van der Waals surface area contributed by atoms with Gasteiger partial charge in [0.05, 0.1) is 11.5 Å². The number of nitrogens with two attached hydrogens (primary N) is 1. The van der Waals surface area contributed by atoms with Crippen LogP contribution in [0.3, 0.4) is 0 Å². The number of aromatic nitrogens is 1. The third-order valence-electron chi connectivity index (χ3n) is 1.72. The summed E-state index contributed by atoms with van der Waals surface area (Å²) < 4.78 is 0. The molecule has 0 aromatic carbocycles. The van der Waals surface area contributed by atoms with E-state index in [9.17, 15) is 19.7 Å². The largest absolute Gasteiger partial charge is 0.477 e. The predicted molar refractivity (Wildman–Crippen MR) is 55.5 cm³/mol. The van der Waals surface area contributed by atoms with Crippen molar-refractivity contribution in [3.8, 4) is 0 Å². The lowest BCUT2D eigenvalue weighted by molar-refractivity contribution is -0.384. The van der Waals surface area contributed by atoms with Crippen molar-refractivity contribution < 1.29 is 19.6 Å². The molecule has 9 nitrogen and oxygen atoms in total.